The van der Waals surface area contributed by atoms with Crippen LogP contribution in [0.3, 0.4) is 0 Å². The van der Waals surface area contributed by atoms with E-state index in [1.807, 2.05) is 25.1 Å². The van der Waals surface area contributed by atoms with Crippen molar-refractivity contribution < 1.29 is 9.90 Å². The molecule has 0 atom stereocenters. The lowest BCUT2D eigenvalue weighted by Gasteiger charge is -2.08. The first-order chi connectivity index (χ1) is 8.20. The van der Waals surface area contributed by atoms with Crippen LogP contribution in [0.4, 0.5) is 5.69 Å². The minimum absolute atomic E-state index is 0.0719. The van der Waals surface area contributed by atoms with E-state index >= 15 is 0 Å². The summed E-state index contributed by atoms with van der Waals surface area (Å²) in [7, 11) is 0. The highest BCUT2D eigenvalue weighted by molar-refractivity contribution is 5.95. The molecule has 0 radical (unpaired) electrons. The molecule has 1 fully saturated rings. The van der Waals surface area contributed by atoms with Crippen molar-refractivity contribution in [3.8, 4) is 11.8 Å². The van der Waals surface area contributed by atoms with Crippen LogP contribution >= 0.6 is 0 Å². The summed E-state index contributed by atoms with van der Waals surface area (Å²) in [5.74, 6) is 5.68. The third-order valence-electron chi connectivity index (χ3n) is 2.68. The smallest absolute Gasteiger partial charge is 0.227 e. The molecular formula is C14H15NO2. The number of benzene rings is 1. The molecule has 0 aliphatic heterocycles. The summed E-state index contributed by atoms with van der Waals surface area (Å²) in [4.78, 5) is 11.7. The molecule has 1 saturated carbocycles. The van der Waals surface area contributed by atoms with Gasteiger partial charge in [-0.1, -0.05) is 17.9 Å². The van der Waals surface area contributed by atoms with Crippen LogP contribution in [0.2, 0.25) is 0 Å². The van der Waals surface area contributed by atoms with E-state index in [1.165, 1.54) is 0 Å². The van der Waals surface area contributed by atoms with Crippen molar-refractivity contribution in [3.05, 3.63) is 29.3 Å². The average Bonchev–Trinajstić information content (AvgIpc) is 3.12. The van der Waals surface area contributed by atoms with Gasteiger partial charge in [0.15, 0.2) is 0 Å². The number of aliphatic hydroxyl groups is 1. The van der Waals surface area contributed by atoms with Gasteiger partial charge >= 0.3 is 0 Å². The maximum atomic E-state index is 11.7. The van der Waals surface area contributed by atoms with Crippen molar-refractivity contribution in [2.45, 2.75) is 19.8 Å². The van der Waals surface area contributed by atoms with Crippen LogP contribution in [-0.2, 0) is 4.79 Å². The van der Waals surface area contributed by atoms with Crippen molar-refractivity contribution in [1.82, 2.24) is 0 Å². The van der Waals surface area contributed by atoms with E-state index < -0.39 is 0 Å². The zero-order valence-corrected chi connectivity index (χ0v) is 9.79. The molecule has 0 unspecified atom stereocenters. The Labute approximate surface area is 101 Å². The van der Waals surface area contributed by atoms with Crippen LogP contribution in [0.25, 0.3) is 0 Å². The number of hydrogen-bond acceptors (Lipinski definition) is 2. The van der Waals surface area contributed by atoms with Crippen LogP contribution in [0.1, 0.15) is 24.0 Å². The number of anilines is 1. The number of rotatable bonds is 2. The second-order valence-corrected chi connectivity index (χ2v) is 4.27. The van der Waals surface area contributed by atoms with Gasteiger partial charge < -0.3 is 10.4 Å². The molecule has 2 N–H and O–H groups in total. The van der Waals surface area contributed by atoms with E-state index in [2.05, 4.69) is 17.2 Å². The lowest BCUT2D eigenvalue weighted by molar-refractivity contribution is -0.117. The van der Waals surface area contributed by atoms with Crippen LogP contribution < -0.4 is 5.32 Å². The van der Waals surface area contributed by atoms with E-state index in [0.29, 0.717) is 0 Å². The first kappa shape index (κ1) is 11.7. The number of nitrogens with one attached hydrogen (secondary N) is 1. The number of aryl methyl sites for hydroxylation is 1. The van der Waals surface area contributed by atoms with Gasteiger partial charge in [-0.25, -0.2) is 0 Å². The van der Waals surface area contributed by atoms with Crippen LogP contribution in [-0.4, -0.2) is 17.6 Å². The van der Waals surface area contributed by atoms with E-state index in [1.54, 1.807) is 0 Å². The van der Waals surface area contributed by atoms with Gasteiger partial charge in [0, 0.05) is 11.5 Å². The Kier molecular flexibility index (Phi) is 3.46. The van der Waals surface area contributed by atoms with E-state index in [4.69, 9.17) is 5.11 Å². The Hall–Kier alpha value is -1.79. The molecule has 1 aliphatic carbocycles. The van der Waals surface area contributed by atoms with Gasteiger partial charge in [-0.15, -0.1) is 0 Å². The molecule has 1 amide bonds. The molecule has 0 spiro atoms. The number of carbonyl (C=O) groups excluding carboxylic acids is 1. The number of carbonyl (C=O) groups is 1. The summed E-state index contributed by atoms with van der Waals surface area (Å²) in [5, 5.41) is 11.6. The third-order valence-corrected chi connectivity index (χ3v) is 2.68. The first-order valence-corrected chi connectivity index (χ1v) is 5.72. The van der Waals surface area contributed by atoms with Gasteiger partial charge in [0.2, 0.25) is 5.91 Å². The van der Waals surface area contributed by atoms with Crippen molar-refractivity contribution in [2.24, 2.45) is 5.92 Å². The highest BCUT2D eigenvalue weighted by Crippen LogP contribution is 2.30. The summed E-state index contributed by atoms with van der Waals surface area (Å²) in [6.45, 7) is 1.79. The van der Waals surface area contributed by atoms with Crippen molar-refractivity contribution in [3.63, 3.8) is 0 Å². The van der Waals surface area contributed by atoms with Crippen molar-refractivity contribution in [2.75, 3.05) is 11.9 Å². The lowest BCUT2D eigenvalue weighted by atomic mass is 10.1. The topological polar surface area (TPSA) is 49.3 Å². The third kappa shape index (κ3) is 3.08. The minimum atomic E-state index is -0.177. The Balaban J connectivity index is 2.22. The molecule has 1 aromatic carbocycles. The molecule has 1 aromatic rings. The average molecular weight is 229 g/mol. The fourth-order valence-electron chi connectivity index (χ4n) is 1.59. The van der Waals surface area contributed by atoms with Crippen LogP contribution in [0, 0.1) is 24.7 Å². The largest absolute Gasteiger partial charge is 0.384 e. The van der Waals surface area contributed by atoms with Crippen LogP contribution in [0.15, 0.2) is 18.2 Å². The lowest BCUT2D eigenvalue weighted by Crippen LogP contribution is -2.14. The Morgan fingerprint density at radius 1 is 1.53 bits per heavy atom. The van der Waals surface area contributed by atoms with E-state index in [0.717, 1.165) is 29.7 Å². The summed E-state index contributed by atoms with van der Waals surface area (Å²) in [6.07, 6.45) is 1.96. The van der Waals surface area contributed by atoms with Gasteiger partial charge in [-0.2, -0.15) is 0 Å². The molecule has 0 bridgehead atoms. The molecule has 88 valence electrons. The monoisotopic (exact) mass is 229 g/mol. The van der Waals surface area contributed by atoms with E-state index in [9.17, 15) is 4.79 Å². The Bertz CT molecular complexity index is 493. The number of aliphatic hydroxyl groups excluding tert-OH is 1. The van der Waals surface area contributed by atoms with Crippen molar-refractivity contribution >= 4 is 11.6 Å². The maximum Gasteiger partial charge on any atom is 0.227 e. The summed E-state index contributed by atoms with van der Waals surface area (Å²) < 4.78 is 0. The molecule has 3 nitrogen and oxygen atoms in total. The zero-order chi connectivity index (χ0) is 12.3. The number of amides is 1. The normalized spacial score (nSPS) is 13.8. The second-order valence-electron chi connectivity index (χ2n) is 4.27. The van der Waals surface area contributed by atoms with E-state index in [-0.39, 0.29) is 18.4 Å². The van der Waals surface area contributed by atoms with Crippen molar-refractivity contribution in [1.29, 1.82) is 0 Å². The van der Waals surface area contributed by atoms with Gasteiger partial charge in [-0.3, -0.25) is 4.79 Å². The van der Waals surface area contributed by atoms with Gasteiger partial charge in [0.1, 0.15) is 6.61 Å². The molecule has 0 saturated heterocycles. The minimum Gasteiger partial charge on any atom is -0.384 e. The predicted octanol–water partition coefficient (Wildman–Crippen LogP) is 1.69. The highest BCUT2D eigenvalue weighted by atomic mass is 16.2. The standard InChI is InChI=1S/C14H15NO2/c1-10-4-5-11(3-2-8-16)13(9-10)15-14(17)12-6-7-12/h4-5,9,12,16H,6-8H2,1H3,(H,15,17). The molecule has 1 aliphatic rings. The highest BCUT2D eigenvalue weighted by Gasteiger charge is 2.29. The molecule has 3 heteroatoms. The second kappa shape index (κ2) is 5.03. The fourth-order valence-corrected chi connectivity index (χ4v) is 1.59. The Morgan fingerprint density at radius 3 is 2.94 bits per heavy atom. The molecule has 17 heavy (non-hydrogen) atoms. The fraction of sp³-hybridized carbons (Fsp3) is 0.357. The van der Waals surface area contributed by atoms with Gasteiger partial charge in [-0.05, 0) is 37.5 Å². The zero-order valence-electron chi connectivity index (χ0n) is 9.79. The summed E-state index contributed by atoms with van der Waals surface area (Å²) in [5.41, 5.74) is 2.56. The maximum absolute atomic E-state index is 11.7. The summed E-state index contributed by atoms with van der Waals surface area (Å²) >= 11 is 0. The number of hydrogen-bond donors (Lipinski definition) is 2. The summed E-state index contributed by atoms with van der Waals surface area (Å²) in [6, 6.07) is 5.70. The SMILES string of the molecule is Cc1ccc(C#CCO)c(NC(=O)C2CC2)c1. The molecule has 0 heterocycles. The van der Waals surface area contributed by atoms with Gasteiger partial charge in [0.25, 0.3) is 0 Å². The van der Waals surface area contributed by atoms with Gasteiger partial charge in [0.05, 0.1) is 5.69 Å². The van der Waals surface area contributed by atoms with Crippen LogP contribution in [0.5, 0.6) is 0 Å². The first-order valence-electron chi connectivity index (χ1n) is 5.72. The molecule has 2 rings (SSSR count). The molecular weight excluding hydrogens is 214 g/mol. The Morgan fingerprint density at radius 2 is 2.29 bits per heavy atom. The molecule has 0 aromatic heterocycles. The predicted molar refractivity (Wildman–Crippen MR) is 66.5 cm³/mol. The quantitative estimate of drug-likeness (QED) is 0.758.